The summed E-state index contributed by atoms with van der Waals surface area (Å²) >= 11 is 0. The molecular weight excluding hydrogens is 331 g/mol. The molecule has 1 unspecified atom stereocenters. The highest BCUT2D eigenvalue weighted by atomic mass is 19.1. The van der Waals surface area contributed by atoms with E-state index in [4.69, 9.17) is 9.72 Å². The van der Waals surface area contributed by atoms with E-state index < -0.39 is 0 Å². The maximum Gasteiger partial charge on any atom is 0.123 e. The Hall–Kier alpha value is -2.47. The normalized spacial score (nSPS) is 24.8. The largest absolute Gasteiger partial charge is 0.493 e. The van der Waals surface area contributed by atoms with E-state index in [1.165, 1.54) is 12.1 Å². The van der Waals surface area contributed by atoms with Crippen LogP contribution in [0.5, 0.6) is 5.75 Å². The van der Waals surface area contributed by atoms with Crippen LogP contribution in [0.2, 0.25) is 0 Å². The molecule has 3 heterocycles. The average molecular weight is 352 g/mol. The van der Waals surface area contributed by atoms with Crippen LogP contribution in [-0.4, -0.2) is 39.1 Å². The van der Waals surface area contributed by atoms with Crippen molar-refractivity contribution in [3.05, 3.63) is 54.4 Å². The summed E-state index contributed by atoms with van der Waals surface area (Å²) < 4.78 is 20.9. The van der Waals surface area contributed by atoms with Gasteiger partial charge in [-0.1, -0.05) is 0 Å². The molecule has 1 aliphatic heterocycles. The number of pyridine rings is 1. The number of benzene rings is 1. The fourth-order valence-electron chi connectivity index (χ4n) is 4.28. The predicted octanol–water partition coefficient (Wildman–Crippen LogP) is 2.86. The van der Waals surface area contributed by atoms with Crippen LogP contribution in [0.25, 0.3) is 11.0 Å². The molecule has 5 nitrogen and oxygen atoms in total. The summed E-state index contributed by atoms with van der Waals surface area (Å²) in [6, 6.07) is 8.28. The second-order valence-electron chi connectivity index (χ2n) is 7.40. The summed E-state index contributed by atoms with van der Waals surface area (Å²) in [6.45, 7) is 3.81. The van der Waals surface area contributed by atoms with Crippen LogP contribution in [0, 0.1) is 23.6 Å². The van der Waals surface area contributed by atoms with Gasteiger partial charge in [0, 0.05) is 32.3 Å². The Balaban J connectivity index is 1.16. The molecule has 2 aliphatic rings. The van der Waals surface area contributed by atoms with Crippen LogP contribution in [0.1, 0.15) is 5.82 Å². The zero-order chi connectivity index (χ0) is 17.7. The Morgan fingerprint density at radius 2 is 1.92 bits per heavy atom. The van der Waals surface area contributed by atoms with Crippen molar-refractivity contribution in [1.29, 1.82) is 0 Å². The minimum Gasteiger partial charge on any atom is -0.493 e. The van der Waals surface area contributed by atoms with E-state index in [1.54, 1.807) is 12.1 Å². The number of aromatic nitrogens is 3. The Bertz CT molecular complexity index is 927. The Kier molecular flexibility index (Phi) is 3.67. The van der Waals surface area contributed by atoms with Crippen molar-refractivity contribution in [2.75, 3.05) is 19.7 Å². The van der Waals surface area contributed by atoms with Crippen molar-refractivity contribution in [2.45, 2.75) is 6.54 Å². The second kappa shape index (κ2) is 6.06. The number of imidazole rings is 1. The molecule has 1 saturated heterocycles. The lowest BCUT2D eigenvalue weighted by molar-refractivity contribution is 0.226. The molecule has 26 heavy (non-hydrogen) atoms. The molecule has 134 valence electrons. The molecule has 0 spiro atoms. The number of aryl methyl sites for hydroxylation is 1. The minimum absolute atomic E-state index is 0.228. The van der Waals surface area contributed by atoms with Crippen molar-refractivity contribution in [1.82, 2.24) is 19.4 Å². The van der Waals surface area contributed by atoms with Gasteiger partial charge in [0.25, 0.3) is 0 Å². The standard InChI is InChI=1S/C20H21FN4O/c1-24-19-6-7-22-8-18(19)23-20(24)11-25-9-15-16(10-25)17(15)12-26-14-4-2-13(21)3-5-14/h2-8,15-17H,9-12H2,1H3/t15-,16+,17?. The molecule has 0 radical (unpaired) electrons. The summed E-state index contributed by atoms with van der Waals surface area (Å²) in [5, 5.41) is 0. The molecule has 3 atom stereocenters. The molecule has 0 bridgehead atoms. The third-order valence-electron chi connectivity index (χ3n) is 5.84. The summed E-state index contributed by atoms with van der Waals surface area (Å²) in [7, 11) is 2.07. The molecular formula is C20H21FN4O. The average Bonchev–Trinajstić information content (AvgIpc) is 2.98. The SMILES string of the molecule is Cn1c(CN2C[C@@H]3C(COc4ccc(F)cc4)[C@@H]3C2)nc2cnccc21. The van der Waals surface area contributed by atoms with Gasteiger partial charge in [-0.3, -0.25) is 9.88 Å². The fourth-order valence-corrected chi connectivity index (χ4v) is 4.28. The third-order valence-corrected chi connectivity index (χ3v) is 5.84. The van der Waals surface area contributed by atoms with E-state index >= 15 is 0 Å². The lowest BCUT2D eigenvalue weighted by Crippen LogP contribution is -2.26. The summed E-state index contributed by atoms with van der Waals surface area (Å²) in [5.41, 5.74) is 2.09. The maximum atomic E-state index is 12.9. The number of hydrogen-bond acceptors (Lipinski definition) is 4. The first-order valence-corrected chi connectivity index (χ1v) is 9.05. The number of rotatable bonds is 5. The zero-order valence-electron chi connectivity index (χ0n) is 14.7. The lowest BCUT2D eigenvalue weighted by Gasteiger charge is -2.19. The van der Waals surface area contributed by atoms with E-state index in [1.807, 2.05) is 18.5 Å². The maximum absolute atomic E-state index is 12.9. The number of nitrogens with zero attached hydrogens (tertiary/aromatic N) is 4. The molecule has 0 amide bonds. The number of ether oxygens (including phenoxy) is 1. The van der Waals surface area contributed by atoms with Gasteiger partial charge in [-0.2, -0.15) is 0 Å². The van der Waals surface area contributed by atoms with E-state index in [0.717, 1.165) is 48.8 Å². The molecule has 1 aromatic carbocycles. The number of fused-ring (bicyclic) bond motifs is 2. The number of piperidine rings is 1. The smallest absolute Gasteiger partial charge is 0.123 e. The summed E-state index contributed by atoms with van der Waals surface area (Å²) in [6.07, 6.45) is 3.63. The summed E-state index contributed by atoms with van der Waals surface area (Å²) in [4.78, 5) is 11.4. The van der Waals surface area contributed by atoms with Gasteiger partial charge in [0.15, 0.2) is 0 Å². The van der Waals surface area contributed by atoms with E-state index in [9.17, 15) is 4.39 Å². The van der Waals surface area contributed by atoms with E-state index in [2.05, 4.69) is 21.5 Å². The van der Waals surface area contributed by atoms with Gasteiger partial charge in [0.1, 0.15) is 22.9 Å². The van der Waals surface area contributed by atoms with Gasteiger partial charge >= 0.3 is 0 Å². The van der Waals surface area contributed by atoms with Crippen LogP contribution >= 0.6 is 0 Å². The van der Waals surface area contributed by atoms with Crippen LogP contribution in [0.4, 0.5) is 4.39 Å². The first-order chi connectivity index (χ1) is 12.7. The highest BCUT2D eigenvalue weighted by Gasteiger charge is 2.55. The fraction of sp³-hybridized carbons (Fsp3) is 0.400. The van der Waals surface area contributed by atoms with Gasteiger partial charge in [-0.25, -0.2) is 9.37 Å². The van der Waals surface area contributed by atoms with Gasteiger partial charge < -0.3 is 9.30 Å². The van der Waals surface area contributed by atoms with Gasteiger partial charge in [-0.05, 0) is 42.2 Å². The molecule has 2 aromatic heterocycles. The minimum atomic E-state index is -0.228. The quantitative estimate of drug-likeness (QED) is 0.708. The second-order valence-corrected chi connectivity index (χ2v) is 7.40. The summed E-state index contributed by atoms with van der Waals surface area (Å²) in [5.74, 6) is 3.67. The molecule has 6 heteroatoms. The zero-order valence-corrected chi connectivity index (χ0v) is 14.7. The number of halogens is 1. The molecule has 5 rings (SSSR count). The van der Waals surface area contributed by atoms with Gasteiger partial charge in [0.05, 0.1) is 24.9 Å². The topological polar surface area (TPSA) is 43.2 Å². The predicted molar refractivity (Wildman–Crippen MR) is 96.2 cm³/mol. The first kappa shape index (κ1) is 15.8. The Labute approximate surface area is 151 Å². The first-order valence-electron chi connectivity index (χ1n) is 9.05. The van der Waals surface area contributed by atoms with Gasteiger partial charge in [0.2, 0.25) is 0 Å². The highest BCUT2D eigenvalue weighted by molar-refractivity contribution is 5.74. The van der Waals surface area contributed by atoms with E-state index in [-0.39, 0.29) is 5.82 Å². The molecule has 3 aromatic rings. The van der Waals surface area contributed by atoms with Crippen LogP contribution in [0.3, 0.4) is 0 Å². The highest BCUT2D eigenvalue weighted by Crippen LogP contribution is 2.52. The van der Waals surface area contributed by atoms with Crippen LogP contribution in [0.15, 0.2) is 42.7 Å². The van der Waals surface area contributed by atoms with Crippen LogP contribution < -0.4 is 4.74 Å². The van der Waals surface area contributed by atoms with E-state index in [0.29, 0.717) is 17.8 Å². The Morgan fingerprint density at radius 3 is 2.65 bits per heavy atom. The monoisotopic (exact) mass is 352 g/mol. The molecule has 2 fully saturated rings. The lowest BCUT2D eigenvalue weighted by atomic mass is 10.2. The third kappa shape index (κ3) is 2.74. The van der Waals surface area contributed by atoms with Crippen molar-refractivity contribution >= 4 is 11.0 Å². The molecule has 1 saturated carbocycles. The van der Waals surface area contributed by atoms with Crippen molar-refractivity contribution in [3.63, 3.8) is 0 Å². The van der Waals surface area contributed by atoms with Crippen molar-refractivity contribution < 1.29 is 9.13 Å². The van der Waals surface area contributed by atoms with Crippen molar-refractivity contribution in [2.24, 2.45) is 24.8 Å². The number of hydrogen-bond donors (Lipinski definition) is 0. The Morgan fingerprint density at radius 1 is 1.15 bits per heavy atom. The molecule has 1 aliphatic carbocycles. The molecule has 0 N–H and O–H groups in total. The van der Waals surface area contributed by atoms with Crippen molar-refractivity contribution in [3.8, 4) is 5.75 Å². The van der Waals surface area contributed by atoms with Gasteiger partial charge in [-0.15, -0.1) is 0 Å². The van der Waals surface area contributed by atoms with Crippen LogP contribution in [-0.2, 0) is 13.6 Å². The number of likely N-dealkylation sites (tertiary alicyclic amines) is 1.